The fourth-order valence-corrected chi connectivity index (χ4v) is 0.561. The Hall–Kier alpha value is -0.860. The van der Waals surface area contributed by atoms with E-state index in [1.54, 1.807) is 0 Å². The summed E-state index contributed by atoms with van der Waals surface area (Å²) in [6.45, 7) is 1.86. The molecule has 1 rings (SSSR count). The van der Waals surface area contributed by atoms with Crippen LogP contribution in [0.1, 0.15) is 12.7 Å². The third-order valence-electron chi connectivity index (χ3n) is 0.984. The quantitative estimate of drug-likeness (QED) is 0.536. The van der Waals surface area contributed by atoms with Crippen molar-refractivity contribution in [2.24, 2.45) is 0 Å². The lowest BCUT2D eigenvalue weighted by Crippen LogP contribution is -1.88. The summed E-state index contributed by atoms with van der Waals surface area (Å²) >= 11 is 0. The van der Waals surface area contributed by atoms with Gasteiger partial charge in [-0.25, -0.2) is 4.98 Å². The Bertz CT molecular complexity index is 171. The molecule has 3 heteroatoms. The highest BCUT2D eigenvalue weighted by atomic mass is 19.2. The Morgan fingerprint density at radius 2 is 2.62 bits per heavy atom. The van der Waals surface area contributed by atoms with Gasteiger partial charge in [-0.05, 0) is 0 Å². The molecular weight excluding hydrogens is 107 g/mol. The first-order valence-corrected chi connectivity index (χ1v) is 2.53. The number of halogens is 1. The fourth-order valence-electron chi connectivity index (χ4n) is 0.561. The maximum absolute atomic E-state index is 12.2. The van der Waals surface area contributed by atoms with E-state index in [0.29, 0.717) is 17.0 Å². The Kier molecular flexibility index (Phi) is 1.28. The molecule has 1 aromatic rings. The van der Waals surface area contributed by atoms with Crippen LogP contribution in [0.3, 0.4) is 0 Å². The molecule has 0 fully saturated rings. The van der Waals surface area contributed by atoms with Crippen molar-refractivity contribution in [1.29, 1.82) is 0 Å². The highest BCUT2D eigenvalue weighted by Crippen LogP contribution is 1.95. The number of hydrogen-bond acceptors (Lipinski definition) is 1. The van der Waals surface area contributed by atoms with Gasteiger partial charge >= 0.3 is 0 Å². The van der Waals surface area contributed by atoms with Gasteiger partial charge in [0.05, 0.1) is 6.20 Å². The van der Waals surface area contributed by atoms with E-state index in [0.717, 1.165) is 0 Å². The smallest absolute Gasteiger partial charge is 0.138 e. The number of rotatable bonds is 1. The van der Waals surface area contributed by atoms with Crippen molar-refractivity contribution in [3.63, 3.8) is 0 Å². The zero-order valence-corrected chi connectivity index (χ0v) is 4.63. The Morgan fingerprint density at radius 3 is 2.88 bits per heavy atom. The van der Waals surface area contributed by atoms with Crippen LogP contribution in [0.5, 0.6) is 0 Å². The predicted octanol–water partition coefficient (Wildman–Crippen LogP) is 1.18. The van der Waals surface area contributed by atoms with Gasteiger partial charge in [-0.2, -0.15) is 4.79 Å². The summed E-state index contributed by atoms with van der Waals surface area (Å²) < 4.78 is 12.2. The van der Waals surface area contributed by atoms with E-state index in [4.69, 9.17) is 0 Å². The first kappa shape index (κ1) is 5.28. The van der Waals surface area contributed by atoms with E-state index in [-0.39, 0.29) is 0 Å². The molecule has 0 saturated heterocycles. The molecule has 0 aliphatic heterocycles. The predicted molar refractivity (Wildman–Crippen MR) is 28.1 cm³/mol. The van der Waals surface area contributed by atoms with Gasteiger partial charge in [0, 0.05) is 12.6 Å². The SMILES string of the molecule is CCc1nccn1F. The zero-order chi connectivity index (χ0) is 5.98. The minimum atomic E-state index is 0.477. The van der Waals surface area contributed by atoms with Gasteiger partial charge in [-0.1, -0.05) is 11.4 Å². The van der Waals surface area contributed by atoms with E-state index >= 15 is 0 Å². The lowest BCUT2D eigenvalue weighted by molar-refractivity contribution is 0.352. The highest BCUT2D eigenvalue weighted by Gasteiger charge is 1.94. The number of hydrogen-bond donors (Lipinski definition) is 0. The average Bonchev–Trinajstić information content (AvgIpc) is 2.14. The summed E-state index contributed by atoms with van der Waals surface area (Å²) in [7, 11) is 0. The average molecular weight is 114 g/mol. The van der Waals surface area contributed by atoms with Gasteiger partial charge < -0.3 is 0 Å². The molecule has 0 atom stereocenters. The fraction of sp³-hybridized carbons (Fsp3) is 0.400. The molecule has 0 spiro atoms. The van der Waals surface area contributed by atoms with Crippen molar-refractivity contribution in [2.75, 3.05) is 0 Å². The van der Waals surface area contributed by atoms with Crippen LogP contribution < -0.4 is 0 Å². The minimum Gasteiger partial charge on any atom is -0.239 e. The Morgan fingerprint density at radius 1 is 1.88 bits per heavy atom. The third-order valence-corrected chi connectivity index (χ3v) is 0.984. The van der Waals surface area contributed by atoms with Gasteiger partial charge in [-0.15, -0.1) is 0 Å². The normalized spacial score (nSPS) is 9.75. The van der Waals surface area contributed by atoms with Gasteiger partial charge in [0.1, 0.15) is 5.82 Å². The maximum Gasteiger partial charge on any atom is 0.138 e. The molecule has 0 amide bonds. The van der Waals surface area contributed by atoms with Crippen molar-refractivity contribution in [2.45, 2.75) is 13.3 Å². The summed E-state index contributed by atoms with van der Waals surface area (Å²) in [6.07, 6.45) is 3.38. The minimum absolute atomic E-state index is 0.477. The van der Waals surface area contributed by atoms with E-state index in [9.17, 15) is 4.48 Å². The summed E-state index contributed by atoms with van der Waals surface area (Å²) in [5.74, 6) is 0.477. The molecule has 0 N–H and O–H groups in total. The lowest BCUT2D eigenvalue weighted by Gasteiger charge is -1.87. The first-order chi connectivity index (χ1) is 3.84. The van der Waals surface area contributed by atoms with Crippen LogP contribution in [0.2, 0.25) is 0 Å². The number of nitrogens with zero attached hydrogens (tertiary/aromatic N) is 2. The topological polar surface area (TPSA) is 17.8 Å². The molecule has 0 unspecified atom stereocenters. The Labute approximate surface area is 46.9 Å². The second-order valence-electron chi connectivity index (χ2n) is 1.51. The summed E-state index contributed by atoms with van der Waals surface area (Å²) in [5, 5.41) is 0. The molecule has 0 aliphatic rings. The van der Waals surface area contributed by atoms with Crippen LogP contribution in [0, 0.1) is 0 Å². The second-order valence-corrected chi connectivity index (χ2v) is 1.51. The van der Waals surface area contributed by atoms with Crippen molar-refractivity contribution in [3.8, 4) is 0 Å². The van der Waals surface area contributed by atoms with Crippen LogP contribution in [-0.4, -0.2) is 9.77 Å². The largest absolute Gasteiger partial charge is 0.239 e. The van der Waals surface area contributed by atoms with Gasteiger partial charge in [0.2, 0.25) is 0 Å². The van der Waals surface area contributed by atoms with E-state index in [1.807, 2.05) is 6.92 Å². The van der Waals surface area contributed by atoms with Crippen LogP contribution in [0.25, 0.3) is 0 Å². The first-order valence-electron chi connectivity index (χ1n) is 2.53. The highest BCUT2D eigenvalue weighted by molar-refractivity contribution is 4.87. The summed E-state index contributed by atoms with van der Waals surface area (Å²) in [5.41, 5.74) is 0. The molecule has 0 saturated carbocycles. The van der Waals surface area contributed by atoms with Crippen LogP contribution in [-0.2, 0) is 6.42 Å². The number of aryl methyl sites for hydroxylation is 1. The molecule has 0 aromatic carbocycles. The van der Waals surface area contributed by atoms with Crippen molar-refractivity contribution >= 4 is 0 Å². The van der Waals surface area contributed by atoms with Gasteiger partial charge in [-0.3, -0.25) is 0 Å². The molecule has 0 aliphatic carbocycles. The van der Waals surface area contributed by atoms with E-state index < -0.39 is 0 Å². The zero-order valence-electron chi connectivity index (χ0n) is 4.63. The molecule has 8 heavy (non-hydrogen) atoms. The summed E-state index contributed by atoms with van der Waals surface area (Å²) in [6, 6.07) is 0. The van der Waals surface area contributed by atoms with Crippen molar-refractivity contribution in [1.82, 2.24) is 9.77 Å². The van der Waals surface area contributed by atoms with Gasteiger partial charge in [0.25, 0.3) is 0 Å². The third kappa shape index (κ3) is 0.710. The molecule has 2 nitrogen and oxygen atoms in total. The number of aromatic nitrogens is 2. The summed E-state index contributed by atoms with van der Waals surface area (Å²) in [4.78, 5) is 4.25. The van der Waals surface area contributed by atoms with E-state index in [2.05, 4.69) is 4.98 Å². The molecular formula is C5H7FN2. The van der Waals surface area contributed by atoms with Crippen LogP contribution in [0.15, 0.2) is 12.4 Å². The Balaban J connectivity index is 2.92. The molecule has 0 radical (unpaired) electrons. The maximum atomic E-state index is 12.2. The van der Waals surface area contributed by atoms with Crippen LogP contribution in [0.4, 0.5) is 4.48 Å². The monoisotopic (exact) mass is 114 g/mol. The molecule has 44 valence electrons. The number of imidazole rings is 1. The van der Waals surface area contributed by atoms with Crippen molar-refractivity contribution < 1.29 is 4.48 Å². The standard InChI is InChI=1S/C5H7FN2/c1-2-5-7-3-4-8(5)6/h3-4H,2H2,1H3. The van der Waals surface area contributed by atoms with Crippen LogP contribution >= 0.6 is 0 Å². The van der Waals surface area contributed by atoms with E-state index in [1.165, 1.54) is 12.4 Å². The van der Waals surface area contributed by atoms with Crippen molar-refractivity contribution in [3.05, 3.63) is 18.2 Å². The van der Waals surface area contributed by atoms with Gasteiger partial charge in [0.15, 0.2) is 0 Å². The molecule has 1 aromatic heterocycles. The molecule has 1 heterocycles. The second kappa shape index (κ2) is 1.94. The lowest BCUT2D eigenvalue weighted by atomic mass is 10.5. The molecule has 0 bridgehead atoms.